The minimum absolute atomic E-state index is 0.500. The molecule has 1 unspecified atom stereocenters. The Morgan fingerprint density at radius 3 is 2.46 bits per heavy atom. The molecule has 0 aromatic heterocycles. The predicted octanol–water partition coefficient (Wildman–Crippen LogP) is 4.24. The average molecular weight is 319 g/mol. The maximum absolute atomic E-state index is 10.7. The van der Waals surface area contributed by atoms with Crippen LogP contribution in [0.3, 0.4) is 0 Å². The fourth-order valence-corrected chi connectivity index (χ4v) is 2.73. The predicted molar refractivity (Wildman–Crippen MR) is 96.9 cm³/mol. The number of benzene rings is 3. The molecule has 0 radical (unpaired) electrons. The van der Waals surface area contributed by atoms with Crippen LogP contribution < -0.4 is 10.5 Å². The monoisotopic (exact) mass is 319 g/mol. The normalized spacial score (nSPS) is 11.9. The Kier molecular flexibility index (Phi) is 4.82. The highest BCUT2D eigenvalue weighted by molar-refractivity contribution is 5.47. The van der Waals surface area contributed by atoms with E-state index in [1.165, 1.54) is 0 Å². The molecule has 3 N–H and O–H groups in total. The summed E-state index contributed by atoms with van der Waals surface area (Å²) in [5.74, 6) is 0.777. The van der Waals surface area contributed by atoms with Crippen molar-refractivity contribution in [3.05, 3.63) is 95.1 Å². The Hall–Kier alpha value is -2.78. The molecule has 0 amide bonds. The van der Waals surface area contributed by atoms with Crippen molar-refractivity contribution in [3.63, 3.8) is 0 Å². The largest absolute Gasteiger partial charge is 0.489 e. The quantitative estimate of drug-likeness (QED) is 0.692. The van der Waals surface area contributed by atoms with Crippen LogP contribution in [0.5, 0.6) is 5.75 Å². The molecule has 0 saturated heterocycles. The van der Waals surface area contributed by atoms with Crippen LogP contribution in [-0.4, -0.2) is 5.11 Å². The van der Waals surface area contributed by atoms with Crippen molar-refractivity contribution in [1.29, 1.82) is 0 Å². The second-order valence-electron chi connectivity index (χ2n) is 5.82. The van der Waals surface area contributed by atoms with E-state index >= 15 is 0 Å². The van der Waals surface area contributed by atoms with Gasteiger partial charge in [-0.3, -0.25) is 0 Å². The van der Waals surface area contributed by atoms with E-state index in [1.807, 2.05) is 73.7 Å². The summed E-state index contributed by atoms with van der Waals surface area (Å²) in [6, 6.07) is 23.1. The van der Waals surface area contributed by atoms with Gasteiger partial charge in [0.15, 0.2) is 0 Å². The number of nitrogen functional groups attached to an aromatic ring is 1. The molecule has 0 aliphatic rings. The molecule has 3 aromatic carbocycles. The van der Waals surface area contributed by atoms with Crippen molar-refractivity contribution < 1.29 is 9.84 Å². The van der Waals surface area contributed by atoms with Crippen molar-refractivity contribution in [3.8, 4) is 5.75 Å². The lowest BCUT2D eigenvalue weighted by molar-refractivity contribution is 0.218. The van der Waals surface area contributed by atoms with Gasteiger partial charge in [-0.2, -0.15) is 0 Å². The van der Waals surface area contributed by atoms with Gasteiger partial charge in [0, 0.05) is 5.69 Å². The van der Waals surface area contributed by atoms with E-state index in [1.54, 1.807) is 6.07 Å². The van der Waals surface area contributed by atoms with Crippen LogP contribution in [0.15, 0.2) is 72.8 Å². The van der Waals surface area contributed by atoms with E-state index in [2.05, 4.69) is 0 Å². The Morgan fingerprint density at radius 1 is 0.958 bits per heavy atom. The summed E-state index contributed by atoms with van der Waals surface area (Å²) in [5.41, 5.74) is 10.1. The van der Waals surface area contributed by atoms with Crippen LogP contribution in [-0.2, 0) is 6.61 Å². The summed E-state index contributed by atoms with van der Waals surface area (Å²) < 4.78 is 5.94. The SMILES string of the molecule is Cc1c(OCc2ccccc2)cccc1C(O)c1cccc(N)c1. The Bertz CT molecular complexity index is 815. The average Bonchev–Trinajstić information content (AvgIpc) is 2.61. The highest BCUT2D eigenvalue weighted by atomic mass is 16.5. The van der Waals surface area contributed by atoms with Gasteiger partial charge in [-0.1, -0.05) is 54.6 Å². The number of ether oxygens (including phenoxy) is 1. The van der Waals surface area contributed by atoms with E-state index in [-0.39, 0.29) is 0 Å². The molecule has 0 heterocycles. The van der Waals surface area contributed by atoms with Gasteiger partial charge in [-0.15, -0.1) is 0 Å². The summed E-state index contributed by atoms with van der Waals surface area (Å²) in [4.78, 5) is 0. The molecule has 3 heteroatoms. The third kappa shape index (κ3) is 3.58. The third-order valence-corrected chi connectivity index (χ3v) is 4.08. The van der Waals surface area contributed by atoms with Crippen molar-refractivity contribution in [2.75, 3.05) is 5.73 Å². The number of rotatable bonds is 5. The van der Waals surface area contributed by atoms with Crippen molar-refractivity contribution in [2.24, 2.45) is 0 Å². The zero-order valence-electron chi connectivity index (χ0n) is 13.6. The second kappa shape index (κ2) is 7.20. The first kappa shape index (κ1) is 16.1. The third-order valence-electron chi connectivity index (χ3n) is 4.08. The fraction of sp³-hybridized carbons (Fsp3) is 0.143. The number of aliphatic hydroxyl groups is 1. The molecule has 3 aromatic rings. The number of nitrogens with two attached hydrogens (primary N) is 1. The van der Waals surface area contributed by atoms with Gasteiger partial charge in [0.25, 0.3) is 0 Å². The van der Waals surface area contributed by atoms with Gasteiger partial charge in [0.05, 0.1) is 0 Å². The summed E-state index contributed by atoms with van der Waals surface area (Å²) in [6.45, 7) is 2.46. The first-order valence-corrected chi connectivity index (χ1v) is 7.95. The molecule has 24 heavy (non-hydrogen) atoms. The van der Waals surface area contributed by atoms with Crippen LogP contribution in [0.4, 0.5) is 5.69 Å². The van der Waals surface area contributed by atoms with Crippen LogP contribution in [0.2, 0.25) is 0 Å². The van der Waals surface area contributed by atoms with Gasteiger partial charge < -0.3 is 15.6 Å². The van der Waals surface area contributed by atoms with Crippen molar-refractivity contribution >= 4 is 5.69 Å². The lowest BCUT2D eigenvalue weighted by Gasteiger charge is -2.17. The molecule has 0 aliphatic carbocycles. The standard InChI is InChI=1S/C21H21NO2/c1-15-19(21(23)17-9-5-10-18(22)13-17)11-6-12-20(15)24-14-16-7-3-2-4-8-16/h2-13,21,23H,14,22H2,1H3. The molecular weight excluding hydrogens is 298 g/mol. The summed E-state index contributed by atoms with van der Waals surface area (Å²) >= 11 is 0. The summed E-state index contributed by atoms with van der Waals surface area (Å²) in [6.07, 6.45) is -0.728. The molecule has 0 spiro atoms. The molecule has 1 atom stereocenters. The van der Waals surface area contributed by atoms with E-state index in [0.29, 0.717) is 12.3 Å². The lowest BCUT2D eigenvalue weighted by Crippen LogP contribution is -2.05. The molecule has 122 valence electrons. The zero-order valence-corrected chi connectivity index (χ0v) is 13.6. The molecule has 3 rings (SSSR count). The van der Waals surface area contributed by atoms with Gasteiger partial charge in [-0.05, 0) is 47.4 Å². The van der Waals surface area contributed by atoms with E-state index in [4.69, 9.17) is 10.5 Å². The van der Waals surface area contributed by atoms with Crippen LogP contribution in [0, 0.1) is 6.92 Å². The second-order valence-corrected chi connectivity index (χ2v) is 5.82. The molecular formula is C21H21NO2. The van der Waals surface area contributed by atoms with Gasteiger partial charge in [0.2, 0.25) is 0 Å². The van der Waals surface area contributed by atoms with Gasteiger partial charge in [-0.25, -0.2) is 0 Å². The number of hydrogen-bond acceptors (Lipinski definition) is 3. The lowest BCUT2D eigenvalue weighted by atomic mass is 9.96. The molecule has 0 fully saturated rings. The topological polar surface area (TPSA) is 55.5 Å². The summed E-state index contributed by atoms with van der Waals surface area (Å²) in [7, 11) is 0. The van der Waals surface area contributed by atoms with Crippen LogP contribution >= 0.6 is 0 Å². The minimum Gasteiger partial charge on any atom is -0.489 e. The summed E-state index contributed by atoms with van der Waals surface area (Å²) in [5, 5.41) is 10.7. The maximum Gasteiger partial charge on any atom is 0.123 e. The van der Waals surface area contributed by atoms with Crippen LogP contribution in [0.1, 0.15) is 28.4 Å². The molecule has 3 nitrogen and oxygen atoms in total. The number of aliphatic hydroxyl groups excluding tert-OH is 1. The zero-order chi connectivity index (χ0) is 16.9. The van der Waals surface area contributed by atoms with Crippen molar-refractivity contribution in [1.82, 2.24) is 0 Å². The Morgan fingerprint density at radius 2 is 1.71 bits per heavy atom. The Labute approximate surface area is 142 Å². The number of hydrogen-bond donors (Lipinski definition) is 2. The minimum atomic E-state index is -0.728. The van der Waals surface area contributed by atoms with E-state index in [9.17, 15) is 5.11 Å². The van der Waals surface area contributed by atoms with Gasteiger partial charge in [0.1, 0.15) is 18.5 Å². The first-order chi connectivity index (χ1) is 11.6. The Balaban J connectivity index is 1.82. The van der Waals surface area contributed by atoms with E-state index < -0.39 is 6.10 Å². The van der Waals surface area contributed by atoms with Crippen molar-refractivity contribution in [2.45, 2.75) is 19.6 Å². The fourth-order valence-electron chi connectivity index (χ4n) is 2.73. The van der Waals surface area contributed by atoms with E-state index in [0.717, 1.165) is 28.0 Å². The molecule has 0 aliphatic heterocycles. The first-order valence-electron chi connectivity index (χ1n) is 7.95. The highest BCUT2D eigenvalue weighted by Gasteiger charge is 2.15. The smallest absolute Gasteiger partial charge is 0.123 e. The molecule has 0 saturated carbocycles. The highest BCUT2D eigenvalue weighted by Crippen LogP contribution is 2.31. The maximum atomic E-state index is 10.7. The number of anilines is 1. The van der Waals surface area contributed by atoms with Gasteiger partial charge >= 0.3 is 0 Å². The van der Waals surface area contributed by atoms with Crippen LogP contribution in [0.25, 0.3) is 0 Å². The molecule has 0 bridgehead atoms.